The third-order valence-electron chi connectivity index (χ3n) is 4.22. The third kappa shape index (κ3) is 3.73. The third-order valence-corrected chi connectivity index (χ3v) is 4.86. The number of carbonyl (C=O) groups is 1. The van der Waals surface area contributed by atoms with Crippen LogP contribution >= 0.6 is 15.9 Å². The quantitative estimate of drug-likeness (QED) is 0.753. The van der Waals surface area contributed by atoms with E-state index >= 15 is 0 Å². The minimum atomic E-state index is -0.475. The first kappa shape index (κ1) is 18.0. The molecule has 2 heterocycles. The minimum Gasteiger partial charge on any atom is -0.494 e. The molecule has 0 bridgehead atoms. The molecule has 25 heavy (non-hydrogen) atoms. The molecule has 7 nitrogen and oxygen atoms in total. The Labute approximate surface area is 155 Å². The molecule has 0 saturated carbocycles. The van der Waals surface area contributed by atoms with E-state index in [0.29, 0.717) is 18.8 Å². The van der Waals surface area contributed by atoms with Crippen LogP contribution in [0.3, 0.4) is 0 Å². The van der Waals surface area contributed by atoms with E-state index in [2.05, 4.69) is 26.2 Å². The summed E-state index contributed by atoms with van der Waals surface area (Å²) in [6.07, 6.45) is 1.36. The molecular formula is C17H23BrN4O3. The smallest absolute Gasteiger partial charge is 0.410 e. The monoisotopic (exact) mass is 410 g/mol. The van der Waals surface area contributed by atoms with E-state index in [-0.39, 0.29) is 12.1 Å². The second-order valence-electron chi connectivity index (χ2n) is 7.18. The standard InChI is InChI=1S/C17H23BrN4O3/c1-17(2,3)25-16(23)21-9-7-11(8-10-21)22-15-12(18)5-6-13(24-4)14(15)19-20-22/h5-6,11H,7-10H2,1-4H3. The van der Waals surface area contributed by atoms with E-state index in [1.807, 2.05) is 37.6 Å². The van der Waals surface area contributed by atoms with E-state index in [4.69, 9.17) is 9.47 Å². The van der Waals surface area contributed by atoms with Crippen molar-refractivity contribution in [3.63, 3.8) is 0 Å². The van der Waals surface area contributed by atoms with Gasteiger partial charge < -0.3 is 14.4 Å². The largest absolute Gasteiger partial charge is 0.494 e. The Morgan fingerprint density at radius 1 is 1.28 bits per heavy atom. The molecule has 1 aliphatic rings. The number of hydrogen-bond donors (Lipinski definition) is 0. The van der Waals surface area contributed by atoms with Crippen molar-refractivity contribution < 1.29 is 14.3 Å². The molecule has 2 aromatic rings. The van der Waals surface area contributed by atoms with E-state index < -0.39 is 5.60 Å². The summed E-state index contributed by atoms with van der Waals surface area (Å²) in [7, 11) is 1.63. The SMILES string of the molecule is COc1ccc(Br)c2c1nnn2C1CCN(C(=O)OC(C)(C)C)CC1. The van der Waals surface area contributed by atoms with Gasteiger partial charge in [0.15, 0.2) is 5.52 Å². The first-order valence-electron chi connectivity index (χ1n) is 8.35. The molecule has 0 unspecified atom stereocenters. The molecule has 136 valence electrons. The van der Waals surface area contributed by atoms with Gasteiger partial charge in [0, 0.05) is 17.6 Å². The Hall–Kier alpha value is -1.83. The van der Waals surface area contributed by atoms with Crippen molar-refractivity contribution >= 4 is 33.1 Å². The summed E-state index contributed by atoms with van der Waals surface area (Å²) < 4.78 is 13.7. The number of fused-ring (bicyclic) bond motifs is 1. The van der Waals surface area contributed by atoms with Crippen LogP contribution in [-0.4, -0.2) is 51.8 Å². The highest BCUT2D eigenvalue weighted by Crippen LogP contribution is 2.34. The van der Waals surface area contributed by atoms with Gasteiger partial charge in [-0.2, -0.15) is 0 Å². The molecule has 3 rings (SSSR count). The second kappa shape index (κ2) is 6.82. The lowest BCUT2D eigenvalue weighted by Gasteiger charge is -2.33. The number of halogens is 1. The number of benzene rings is 1. The summed E-state index contributed by atoms with van der Waals surface area (Å²) >= 11 is 3.58. The lowest BCUT2D eigenvalue weighted by molar-refractivity contribution is 0.0185. The zero-order chi connectivity index (χ0) is 18.2. The first-order chi connectivity index (χ1) is 11.8. The molecule has 0 radical (unpaired) electrons. The van der Waals surface area contributed by atoms with Crippen molar-refractivity contribution in [3.05, 3.63) is 16.6 Å². The number of rotatable bonds is 2. The number of ether oxygens (including phenoxy) is 2. The number of aromatic nitrogens is 3. The van der Waals surface area contributed by atoms with E-state index in [0.717, 1.165) is 28.3 Å². The lowest BCUT2D eigenvalue weighted by atomic mass is 10.1. The predicted molar refractivity (Wildman–Crippen MR) is 97.9 cm³/mol. The number of piperidine rings is 1. The van der Waals surface area contributed by atoms with Gasteiger partial charge in [-0.15, -0.1) is 5.10 Å². The van der Waals surface area contributed by atoms with E-state index in [1.165, 1.54) is 0 Å². The van der Waals surface area contributed by atoms with Gasteiger partial charge in [-0.05, 0) is 61.7 Å². The number of hydrogen-bond acceptors (Lipinski definition) is 5. The molecule has 8 heteroatoms. The Morgan fingerprint density at radius 3 is 2.56 bits per heavy atom. The minimum absolute atomic E-state index is 0.187. The second-order valence-corrected chi connectivity index (χ2v) is 8.03. The highest BCUT2D eigenvalue weighted by atomic mass is 79.9. The lowest BCUT2D eigenvalue weighted by Crippen LogP contribution is -2.42. The maximum Gasteiger partial charge on any atom is 0.410 e. The van der Waals surface area contributed by atoms with Crippen LogP contribution in [0.5, 0.6) is 5.75 Å². The number of amides is 1. The van der Waals surface area contributed by atoms with Crippen molar-refractivity contribution in [2.45, 2.75) is 45.3 Å². The Kier molecular flexibility index (Phi) is 4.90. The van der Waals surface area contributed by atoms with Crippen molar-refractivity contribution in [2.24, 2.45) is 0 Å². The molecule has 1 saturated heterocycles. The van der Waals surface area contributed by atoms with E-state index in [9.17, 15) is 4.79 Å². The average Bonchev–Trinajstić information content (AvgIpc) is 3.00. The Morgan fingerprint density at radius 2 is 1.96 bits per heavy atom. The molecule has 0 atom stereocenters. The van der Waals surface area contributed by atoms with Crippen LogP contribution in [0.4, 0.5) is 4.79 Å². The summed E-state index contributed by atoms with van der Waals surface area (Å²) in [4.78, 5) is 14.0. The van der Waals surface area contributed by atoms with Gasteiger partial charge >= 0.3 is 6.09 Å². The van der Waals surface area contributed by atoms with Crippen LogP contribution < -0.4 is 4.74 Å². The average molecular weight is 411 g/mol. The van der Waals surface area contributed by atoms with Gasteiger partial charge in [-0.1, -0.05) is 5.21 Å². The Balaban J connectivity index is 1.76. The topological polar surface area (TPSA) is 69.5 Å². The van der Waals surface area contributed by atoms with Crippen molar-refractivity contribution in [1.82, 2.24) is 19.9 Å². The zero-order valence-corrected chi connectivity index (χ0v) is 16.5. The van der Waals surface area contributed by atoms with Crippen LogP contribution in [0.2, 0.25) is 0 Å². The van der Waals surface area contributed by atoms with Crippen molar-refractivity contribution in [2.75, 3.05) is 20.2 Å². The molecule has 1 aliphatic heterocycles. The first-order valence-corrected chi connectivity index (χ1v) is 9.15. The maximum atomic E-state index is 12.2. The normalized spacial score (nSPS) is 16.3. The molecule has 1 aromatic carbocycles. The number of nitrogens with zero attached hydrogens (tertiary/aromatic N) is 4. The van der Waals surface area contributed by atoms with Gasteiger partial charge in [0.2, 0.25) is 0 Å². The number of likely N-dealkylation sites (tertiary alicyclic amines) is 1. The Bertz CT molecular complexity index is 776. The molecule has 1 amide bonds. The van der Waals surface area contributed by atoms with Crippen molar-refractivity contribution in [1.29, 1.82) is 0 Å². The zero-order valence-electron chi connectivity index (χ0n) is 15.0. The summed E-state index contributed by atoms with van der Waals surface area (Å²) in [5, 5.41) is 8.62. The van der Waals surface area contributed by atoms with Crippen LogP contribution in [0.15, 0.2) is 16.6 Å². The maximum absolute atomic E-state index is 12.2. The van der Waals surface area contributed by atoms with Crippen LogP contribution in [0.1, 0.15) is 39.7 Å². The fourth-order valence-corrected chi connectivity index (χ4v) is 3.53. The molecule has 0 aliphatic carbocycles. The van der Waals surface area contributed by atoms with Gasteiger partial charge in [0.05, 0.1) is 13.2 Å². The highest BCUT2D eigenvalue weighted by molar-refractivity contribution is 9.10. The fourth-order valence-electron chi connectivity index (χ4n) is 3.03. The van der Waals surface area contributed by atoms with Crippen LogP contribution in [0.25, 0.3) is 11.0 Å². The number of carbonyl (C=O) groups excluding carboxylic acids is 1. The van der Waals surface area contributed by atoms with Gasteiger partial charge in [0.1, 0.15) is 16.9 Å². The molecule has 0 N–H and O–H groups in total. The molecule has 0 spiro atoms. The number of methoxy groups -OCH3 is 1. The van der Waals surface area contributed by atoms with Crippen LogP contribution in [-0.2, 0) is 4.74 Å². The predicted octanol–water partition coefficient (Wildman–Crippen LogP) is 3.77. The van der Waals surface area contributed by atoms with E-state index in [1.54, 1.807) is 12.0 Å². The summed E-state index contributed by atoms with van der Waals surface area (Å²) in [5.41, 5.74) is 1.19. The van der Waals surface area contributed by atoms with Gasteiger partial charge in [0.25, 0.3) is 0 Å². The fraction of sp³-hybridized carbons (Fsp3) is 0.588. The van der Waals surface area contributed by atoms with Crippen LogP contribution in [0, 0.1) is 0 Å². The highest BCUT2D eigenvalue weighted by Gasteiger charge is 2.29. The molecule has 1 aromatic heterocycles. The molecular weight excluding hydrogens is 388 g/mol. The summed E-state index contributed by atoms with van der Waals surface area (Å²) in [5.74, 6) is 0.704. The summed E-state index contributed by atoms with van der Waals surface area (Å²) in [6, 6.07) is 4.00. The van der Waals surface area contributed by atoms with Gasteiger partial charge in [-0.3, -0.25) is 0 Å². The molecule has 1 fully saturated rings. The van der Waals surface area contributed by atoms with Gasteiger partial charge in [-0.25, -0.2) is 9.48 Å². The summed E-state index contributed by atoms with van der Waals surface area (Å²) in [6.45, 7) is 6.92. The van der Waals surface area contributed by atoms with Crippen molar-refractivity contribution in [3.8, 4) is 5.75 Å².